The first-order chi connectivity index (χ1) is 15.8. The monoisotopic (exact) mass is 469 g/mol. The predicted octanol–water partition coefficient (Wildman–Crippen LogP) is 2.62. The molecule has 0 aromatic carbocycles. The minimum Gasteiger partial charge on any atom is -0.394 e. The van der Waals surface area contributed by atoms with Gasteiger partial charge in [-0.3, -0.25) is 14.6 Å². The van der Waals surface area contributed by atoms with E-state index in [4.69, 9.17) is 11.1 Å². The molecule has 176 valence electrons. The molecule has 1 aliphatic rings. The number of carbonyl (C=O) groups is 2. The van der Waals surface area contributed by atoms with Crippen molar-refractivity contribution in [1.29, 1.82) is 5.41 Å². The number of nitrogens with zero attached hydrogens (tertiary/aromatic N) is 3. The second-order valence-electron chi connectivity index (χ2n) is 6.62. The first-order valence-electron chi connectivity index (χ1n) is 10.2. The van der Waals surface area contributed by atoms with Crippen molar-refractivity contribution < 1.29 is 9.59 Å². The molecule has 1 aliphatic heterocycles. The predicted molar refractivity (Wildman–Crippen MR) is 137 cm³/mol. The number of anilines is 1. The quantitative estimate of drug-likeness (QED) is 0.187. The Hall–Kier alpha value is -3.50. The smallest absolute Gasteiger partial charge is 0.219 e. The number of carbonyl (C=O) groups excluding carboxylic acids is 2. The average molecular weight is 470 g/mol. The lowest BCUT2D eigenvalue weighted by Gasteiger charge is -2.12. The standard InChI is InChI=1S/C16H20N4O2S.C7H11N3/c1-5-6-12(7-8-18-3)15(22)16-19-20(4)14(10-21)13(9-17)11(2)23-16;1-9-5-6-3-2-4-7(8)10-6/h6-10,17-18H,2,5H2,1,3-4H3;2-4,9H,5H2,1H3,(H2,8,10)/b8-7-,12-6-,17-9?;. The number of rotatable bonds is 9. The van der Waals surface area contributed by atoms with Gasteiger partial charge in [0, 0.05) is 42.9 Å². The normalized spacial score (nSPS) is 14.3. The summed E-state index contributed by atoms with van der Waals surface area (Å²) in [5, 5.41) is 19.0. The van der Waals surface area contributed by atoms with Crippen molar-refractivity contribution in [2.45, 2.75) is 19.9 Å². The number of ketones is 1. The Balaban J connectivity index is 0.000000451. The van der Waals surface area contributed by atoms with Crippen molar-refractivity contribution in [3.8, 4) is 0 Å². The lowest BCUT2D eigenvalue weighted by atomic mass is 10.1. The van der Waals surface area contributed by atoms with Gasteiger partial charge in [-0.15, -0.1) is 0 Å². The molecular formula is C23H31N7O2S. The molecule has 0 atom stereocenters. The topological polar surface area (TPSA) is 137 Å². The van der Waals surface area contributed by atoms with E-state index in [9.17, 15) is 9.59 Å². The summed E-state index contributed by atoms with van der Waals surface area (Å²) >= 11 is 1.06. The average Bonchev–Trinajstić information content (AvgIpc) is 2.91. The van der Waals surface area contributed by atoms with E-state index >= 15 is 0 Å². The van der Waals surface area contributed by atoms with Gasteiger partial charge in [-0.2, -0.15) is 5.10 Å². The molecule has 5 N–H and O–H groups in total. The highest BCUT2D eigenvalue weighted by molar-refractivity contribution is 8.19. The Morgan fingerprint density at radius 2 is 2.09 bits per heavy atom. The molecule has 0 unspecified atom stereocenters. The van der Waals surface area contributed by atoms with Gasteiger partial charge in [-0.1, -0.05) is 37.4 Å². The molecule has 0 saturated heterocycles. The highest BCUT2D eigenvalue weighted by Gasteiger charge is 2.24. The molecule has 0 radical (unpaired) electrons. The number of pyridine rings is 1. The van der Waals surface area contributed by atoms with Crippen LogP contribution in [0, 0.1) is 5.41 Å². The van der Waals surface area contributed by atoms with Crippen LogP contribution < -0.4 is 16.4 Å². The van der Waals surface area contributed by atoms with E-state index in [1.165, 1.54) is 5.01 Å². The molecule has 33 heavy (non-hydrogen) atoms. The van der Waals surface area contributed by atoms with E-state index < -0.39 is 0 Å². The number of aromatic nitrogens is 1. The van der Waals surface area contributed by atoms with Crippen LogP contribution >= 0.6 is 11.8 Å². The van der Waals surface area contributed by atoms with Crippen LogP contribution in [-0.2, 0) is 16.1 Å². The number of hydrogen-bond donors (Lipinski definition) is 4. The fraction of sp³-hybridized carbons (Fsp3) is 0.261. The van der Waals surface area contributed by atoms with Crippen LogP contribution in [0.15, 0.2) is 70.0 Å². The largest absolute Gasteiger partial charge is 0.394 e. The zero-order valence-corrected chi connectivity index (χ0v) is 20.2. The van der Waals surface area contributed by atoms with Crippen molar-refractivity contribution in [2.24, 2.45) is 5.10 Å². The maximum atomic E-state index is 12.7. The van der Waals surface area contributed by atoms with Crippen molar-refractivity contribution in [3.63, 3.8) is 0 Å². The van der Waals surface area contributed by atoms with Crippen molar-refractivity contribution in [2.75, 3.05) is 26.9 Å². The minimum absolute atomic E-state index is 0.201. The molecule has 2 heterocycles. The van der Waals surface area contributed by atoms with Crippen LogP contribution in [0.5, 0.6) is 0 Å². The van der Waals surface area contributed by atoms with E-state index in [1.54, 1.807) is 38.5 Å². The van der Waals surface area contributed by atoms with E-state index in [2.05, 4.69) is 27.3 Å². The molecule has 10 heteroatoms. The minimum atomic E-state index is -0.257. The highest BCUT2D eigenvalue weighted by Crippen LogP contribution is 2.30. The van der Waals surface area contributed by atoms with Crippen molar-refractivity contribution in [3.05, 3.63) is 70.6 Å². The van der Waals surface area contributed by atoms with Crippen LogP contribution in [0.25, 0.3) is 0 Å². The molecule has 9 nitrogen and oxygen atoms in total. The molecule has 0 amide bonds. The van der Waals surface area contributed by atoms with E-state index in [-0.39, 0.29) is 16.5 Å². The van der Waals surface area contributed by atoms with Crippen LogP contribution in [-0.4, -0.2) is 54.5 Å². The van der Waals surface area contributed by atoms with Gasteiger partial charge in [-0.25, -0.2) is 4.98 Å². The van der Waals surface area contributed by atoms with Crippen LogP contribution in [0.4, 0.5) is 5.82 Å². The van der Waals surface area contributed by atoms with E-state index in [1.807, 2.05) is 26.1 Å². The number of allylic oxidation sites excluding steroid dienone is 5. The summed E-state index contributed by atoms with van der Waals surface area (Å²) in [5.41, 5.74) is 7.48. The number of thioether (sulfide) groups is 1. The van der Waals surface area contributed by atoms with Gasteiger partial charge in [0.15, 0.2) is 11.3 Å². The Kier molecular flexibility index (Phi) is 12.1. The number of hydrogen-bond acceptors (Lipinski definition) is 10. The molecule has 1 aromatic heterocycles. The summed E-state index contributed by atoms with van der Waals surface area (Å²) in [6.45, 7) is 6.55. The molecule has 0 saturated carbocycles. The third kappa shape index (κ3) is 8.51. The van der Waals surface area contributed by atoms with Gasteiger partial charge >= 0.3 is 0 Å². The number of nitrogen functional groups attached to an aromatic ring is 1. The maximum absolute atomic E-state index is 12.7. The second-order valence-corrected chi connectivity index (χ2v) is 7.70. The lowest BCUT2D eigenvalue weighted by Crippen LogP contribution is -2.18. The van der Waals surface area contributed by atoms with Crippen LogP contribution in [0.1, 0.15) is 19.0 Å². The van der Waals surface area contributed by atoms with Gasteiger partial charge in [-0.05, 0) is 37.9 Å². The van der Waals surface area contributed by atoms with Crippen molar-refractivity contribution >= 4 is 40.9 Å². The zero-order chi connectivity index (χ0) is 24.8. The number of nitrogens with two attached hydrogens (primary N) is 1. The molecule has 0 spiro atoms. The summed E-state index contributed by atoms with van der Waals surface area (Å²) in [7, 11) is 5.19. The fourth-order valence-corrected chi connectivity index (χ4v) is 3.50. The second kappa shape index (κ2) is 14.5. The summed E-state index contributed by atoms with van der Waals surface area (Å²) < 4.78 is 0. The summed E-state index contributed by atoms with van der Waals surface area (Å²) in [6.07, 6.45) is 7.49. The Morgan fingerprint density at radius 1 is 1.36 bits per heavy atom. The van der Waals surface area contributed by atoms with Gasteiger partial charge in [0.05, 0.1) is 5.69 Å². The third-order valence-electron chi connectivity index (χ3n) is 4.14. The van der Waals surface area contributed by atoms with Crippen molar-refractivity contribution in [1.82, 2.24) is 20.6 Å². The SMILES string of the molecule is C=C1SC(C(=O)C(/C=C\NC)=C\CC)=NN(C)C(C=O)=C1C=N.CNCc1cccc(N)n1. The maximum Gasteiger partial charge on any atom is 0.219 e. The van der Waals surface area contributed by atoms with Gasteiger partial charge in [0.2, 0.25) is 5.78 Å². The highest BCUT2D eigenvalue weighted by atomic mass is 32.2. The van der Waals surface area contributed by atoms with E-state index in [0.29, 0.717) is 34.6 Å². The first kappa shape index (κ1) is 27.5. The summed E-state index contributed by atoms with van der Waals surface area (Å²) in [6, 6.07) is 5.61. The van der Waals surface area contributed by atoms with Gasteiger partial charge in [0.1, 0.15) is 11.5 Å². The molecular weight excluding hydrogens is 438 g/mol. The third-order valence-corrected chi connectivity index (χ3v) is 5.06. The number of Topliss-reactive ketones (excluding diaryl/α,β-unsaturated/α-hetero) is 1. The van der Waals surface area contributed by atoms with E-state index in [0.717, 1.165) is 30.2 Å². The number of hydrazone groups is 1. The lowest BCUT2D eigenvalue weighted by molar-refractivity contribution is -0.109. The van der Waals surface area contributed by atoms with Crippen LogP contribution in [0.2, 0.25) is 0 Å². The van der Waals surface area contributed by atoms with Crippen LogP contribution in [0.3, 0.4) is 0 Å². The Bertz CT molecular complexity index is 996. The van der Waals surface area contributed by atoms with Gasteiger partial charge in [0.25, 0.3) is 0 Å². The molecule has 0 fully saturated rings. The number of nitrogens with one attached hydrogen (secondary N) is 3. The molecule has 0 aliphatic carbocycles. The first-order valence-corrected chi connectivity index (χ1v) is 11.0. The van der Waals surface area contributed by atoms with Gasteiger partial charge < -0.3 is 21.8 Å². The fourth-order valence-electron chi connectivity index (χ4n) is 2.62. The summed E-state index contributed by atoms with van der Waals surface area (Å²) in [4.78, 5) is 28.5. The molecule has 2 rings (SSSR count). The Morgan fingerprint density at radius 3 is 2.64 bits per heavy atom. The molecule has 1 aromatic rings. The Labute approximate surface area is 199 Å². The number of likely N-dealkylation sites (N-methyl/N-ethyl adjacent to an activating group) is 1. The molecule has 0 bridgehead atoms. The summed E-state index contributed by atoms with van der Waals surface area (Å²) in [5.74, 6) is 0.320. The number of aldehydes is 1. The zero-order valence-electron chi connectivity index (χ0n) is 19.4.